The molecule has 1 aromatic heterocycles. The quantitative estimate of drug-likeness (QED) is 0.812. The van der Waals surface area contributed by atoms with Crippen molar-refractivity contribution < 1.29 is 8.42 Å². The Morgan fingerprint density at radius 2 is 2.24 bits per heavy atom. The minimum atomic E-state index is -3.45. The lowest BCUT2D eigenvalue weighted by Crippen LogP contribution is -2.57. The van der Waals surface area contributed by atoms with Crippen LogP contribution in [0.3, 0.4) is 0 Å². The molecule has 2 heterocycles. The van der Waals surface area contributed by atoms with Crippen molar-refractivity contribution in [3.8, 4) is 0 Å². The Kier molecular flexibility index (Phi) is 3.24. The third-order valence-corrected chi connectivity index (χ3v) is 4.99. The number of likely N-dealkylation sites (N-methyl/N-ethyl adjacent to an activating group) is 1. The fraction of sp³-hybridized carbons (Fsp3) is 0.700. The van der Waals surface area contributed by atoms with Crippen LogP contribution in [0.4, 0.5) is 0 Å². The number of hydrogen-bond acceptors (Lipinski definition) is 4. The maximum Gasteiger partial charge on any atom is 0.262 e. The van der Waals surface area contributed by atoms with Crippen LogP contribution in [0.25, 0.3) is 0 Å². The van der Waals surface area contributed by atoms with Crippen molar-refractivity contribution in [1.82, 2.24) is 19.2 Å². The second-order valence-electron chi connectivity index (χ2n) is 4.25. The average molecular weight is 258 g/mol. The monoisotopic (exact) mass is 258 g/mol. The summed E-state index contributed by atoms with van der Waals surface area (Å²) < 4.78 is 27.8. The molecule has 0 radical (unpaired) electrons. The molecule has 1 aliphatic rings. The van der Waals surface area contributed by atoms with Crippen LogP contribution in [0, 0.1) is 6.92 Å². The number of aromatic nitrogens is 2. The first-order valence-electron chi connectivity index (χ1n) is 5.69. The predicted molar refractivity (Wildman–Crippen MR) is 64.2 cm³/mol. The first-order valence-corrected chi connectivity index (χ1v) is 7.13. The van der Waals surface area contributed by atoms with Gasteiger partial charge in [0, 0.05) is 38.9 Å². The number of aryl methyl sites for hydroxylation is 2. The Balaban J connectivity index is 2.30. The zero-order valence-electron chi connectivity index (χ0n) is 10.3. The van der Waals surface area contributed by atoms with Gasteiger partial charge in [0.1, 0.15) is 5.82 Å². The number of sulfonamides is 1. The molecule has 17 heavy (non-hydrogen) atoms. The second-order valence-corrected chi connectivity index (χ2v) is 6.19. The summed E-state index contributed by atoms with van der Waals surface area (Å²) in [6.45, 7) is 5.92. The highest BCUT2D eigenvalue weighted by molar-refractivity contribution is 7.89. The minimum absolute atomic E-state index is 0.0482. The summed E-state index contributed by atoms with van der Waals surface area (Å²) in [6, 6.07) is 0.0482. The number of rotatable bonds is 4. The fourth-order valence-corrected chi connectivity index (χ4v) is 3.14. The SMILES string of the molecule is CCn1cc(S(=O)(=O)N(C)C2CNC2)nc1C. The summed E-state index contributed by atoms with van der Waals surface area (Å²) in [5.74, 6) is 0.728. The van der Waals surface area contributed by atoms with E-state index in [9.17, 15) is 8.42 Å². The number of nitrogens with zero attached hydrogens (tertiary/aromatic N) is 3. The molecule has 1 aromatic rings. The molecule has 0 unspecified atom stereocenters. The van der Waals surface area contributed by atoms with Crippen LogP contribution >= 0.6 is 0 Å². The Bertz CT molecular complexity index is 504. The lowest BCUT2D eigenvalue weighted by atomic mass is 10.2. The first-order chi connectivity index (χ1) is 7.96. The van der Waals surface area contributed by atoms with Gasteiger partial charge in [0.15, 0.2) is 5.03 Å². The van der Waals surface area contributed by atoms with E-state index in [1.54, 1.807) is 13.2 Å². The van der Waals surface area contributed by atoms with Crippen LogP contribution in [-0.2, 0) is 16.6 Å². The lowest BCUT2D eigenvalue weighted by Gasteiger charge is -2.34. The van der Waals surface area contributed by atoms with Crippen molar-refractivity contribution in [2.45, 2.75) is 31.5 Å². The Morgan fingerprint density at radius 3 is 2.65 bits per heavy atom. The number of hydrogen-bond donors (Lipinski definition) is 1. The van der Waals surface area contributed by atoms with E-state index in [1.165, 1.54) is 4.31 Å². The van der Waals surface area contributed by atoms with Gasteiger partial charge >= 0.3 is 0 Å². The Hall–Kier alpha value is -0.920. The molecule has 0 atom stereocenters. The fourth-order valence-electron chi connectivity index (χ4n) is 1.80. The molecule has 1 fully saturated rings. The third-order valence-electron chi connectivity index (χ3n) is 3.21. The maximum absolute atomic E-state index is 12.3. The molecule has 0 bridgehead atoms. The van der Waals surface area contributed by atoms with E-state index in [0.717, 1.165) is 12.4 Å². The molecule has 1 N–H and O–H groups in total. The topological polar surface area (TPSA) is 67.2 Å². The van der Waals surface area contributed by atoms with Gasteiger partial charge in [-0.1, -0.05) is 0 Å². The Labute approximate surface area is 102 Å². The molecular formula is C10H18N4O2S. The van der Waals surface area contributed by atoms with Crippen LogP contribution in [0.2, 0.25) is 0 Å². The van der Waals surface area contributed by atoms with Crippen LogP contribution in [0.5, 0.6) is 0 Å². The van der Waals surface area contributed by atoms with Crippen molar-refractivity contribution in [2.24, 2.45) is 0 Å². The van der Waals surface area contributed by atoms with Gasteiger partial charge in [0.05, 0.1) is 0 Å². The number of imidazole rings is 1. The molecule has 0 amide bonds. The van der Waals surface area contributed by atoms with Gasteiger partial charge in [-0.3, -0.25) is 0 Å². The molecular weight excluding hydrogens is 240 g/mol. The minimum Gasteiger partial charge on any atom is -0.334 e. The summed E-state index contributed by atoms with van der Waals surface area (Å²) in [6.07, 6.45) is 1.60. The summed E-state index contributed by atoms with van der Waals surface area (Å²) in [5.41, 5.74) is 0. The van der Waals surface area contributed by atoms with E-state index in [-0.39, 0.29) is 11.1 Å². The van der Waals surface area contributed by atoms with Gasteiger partial charge in [-0.05, 0) is 13.8 Å². The van der Waals surface area contributed by atoms with Crippen molar-refractivity contribution in [3.63, 3.8) is 0 Å². The van der Waals surface area contributed by atoms with Crippen LogP contribution in [0.15, 0.2) is 11.2 Å². The normalized spacial score (nSPS) is 17.4. The molecule has 0 aliphatic carbocycles. The van der Waals surface area contributed by atoms with E-state index in [2.05, 4.69) is 10.3 Å². The van der Waals surface area contributed by atoms with E-state index in [4.69, 9.17) is 0 Å². The van der Waals surface area contributed by atoms with E-state index >= 15 is 0 Å². The molecule has 0 aromatic carbocycles. The van der Waals surface area contributed by atoms with Gasteiger partial charge < -0.3 is 9.88 Å². The zero-order chi connectivity index (χ0) is 12.6. The highest BCUT2D eigenvalue weighted by atomic mass is 32.2. The van der Waals surface area contributed by atoms with Crippen molar-refractivity contribution >= 4 is 10.0 Å². The second kappa shape index (κ2) is 4.40. The summed E-state index contributed by atoms with van der Waals surface area (Å²) in [7, 11) is -1.84. The van der Waals surface area contributed by atoms with Crippen molar-refractivity contribution in [1.29, 1.82) is 0 Å². The molecule has 1 saturated heterocycles. The van der Waals surface area contributed by atoms with Crippen LogP contribution in [0.1, 0.15) is 12.7 Å². The smallest absolute Gasteiger partial charge is 0.262 e. The van der Waals surface area contributed by atoms with Gasteiger partial charge in [-0.2, -0.15) is 4.31 Å². The van der Waals surface area contributed by atoms with Gasteiger partial charge in [0.25, 0.3) is 10.0 Å². The van der Waals surface area contributed by atoms with E-state index in [1.807, 2.05) is 18.4 Å². The predicted octanol–water partition coefficient (Wildman–Crippen LogP) is -0.196. The highest BCUT2D eigenvalue weighted by Gasteiger charge is 2.33. The van der Waals surface area contributed by atoms with Crippen LogP contribution in [-0.4, -0.2) is 48.5 Å². The van der Waals surface area contributed by atoms with Crippen molar-refractivity contribution in [2.75, 3.05) is 20.1 Å². The lowest BCUT2D eigenvalue weighted by molar-refractivity contribution is 0.273. The molecule has 96 valence electrons. The molecule has 2 rings (SSSR count). The third kappa shape index (κ3) is 2.10. The molecule has 6 nitrogen and oxygen atoms in total. The van der Waals surface area contributed by atoms with Gasteiger partial charge in [0.2, 0.25) is 0 Å². The maximum atomic E-state index is 12.3. The zero-order valence-corrected chi connectivity index (χ0v) is 11.2. The molecule has 7 heteroatoms. The number of nitrogens with one attached hydrogen (secondary N) is 1. The largest absolute Gasteiger partial charge is 0.334 e. The highest BCUT2D eigenvalue weighted by Crippen LogP contribution is 2.17. The Morgan fingerprint density at radius 1 is 1.59 bits per heavy atom. The van der Waals surface area contributed by atoms with Gasteiger partial charge in [-0.25, -0.2) is 13.4 Å². The summed E-state index contributed by atoms with van der Waals surface area (Å²) >= 11 is 0. The standard InChI is InChI=1S/C10H18N4O2S/c1-4-14-7-10(12-8(14)2)17(15,16)13(3)9-5-11-6-9/h7,9,11H,4-6H2,1-3H3. The molecule has 0 saturated carbocycles. The van der Waals surface area contributed by atoms with E-state index in [0.29, 0.717) is 13.1 Å². The summed E-state index contributed by atoms with van der Waals surface area (Å²) in [5, 5.41) is 3.21. The first kappa shape index (κ1) is 12.5. The summed E-state index contributed by atoms with van der Waals surface area (Å²) in [4.78, 5) is 4.13. The molecule has 0 spiro atoms. The van der Waals surface area contributed by atoms with Crippen LogP contribution < -0.4 is 5.32 Å². The molecule has 1 aliphatic heterocycles. The van der Waals surface area contributed by atoms with E-state index < -0.39 is 10.0 Å². The van der Waals surface area contributed by atoms with Crippen molar-refractivity contribution in [3.05, 3.63) is 12.0 Å². The van der Waals surface area contributed by atoms with Gasteiger partial charge in [-0.15, -0.1) is 0 Å². The average Bonchev–Trinajstić information content (AvgIpc) is 2.57.